The van der Waals surface area contributed by atoms with Gasteiger partial charge in [-0.1, -0.05) is 35.3 Å². The molecule has 0 saturated carbocycles. The Labute approximate surface area is 155 Å². The zero-order chi connectivity index (χ0) is 17.6. The van der Waals surface area contributed by atoms with Crippen molar-refractivity contribution in [3.63, 3.8) is 0 Å². The van der Waals surface area contributed by atoms with Gasteiger partial charge in [-0.25, -0.2) is 0 Å². The molecule has 126 valence electrons. The molecular formula is C18H14Cl2N4O. The molecule has 2 aromatic heterocycles. The summed E-state index contributed by atoms with van der Waals surface area (Å²) in [6, 6.07) is 12.3. The summed E-state index contributed by atoms with van der Waals surface area (Å²) in [6.07, 6.45) is 5.06. The van der Waals surface area contributed by atoms with E-state index in [1.165, 1.54) is 0 Å². The molecule has 0 aliphatic rings. The number of hydrogen-bond acceptors (Lipinski definition) is 4. The number of pyridine rings is 2. The molecule has 1 amide bonds. The highest BCUT2D eigenvalue weighted by atomic mass is 35.5. The maximum absolute atomic E-state index is 12.4. The number of carbonyl (C=O) groups excluding carboxylic acids is 1. The summed E-state index contributed by atoms with van der Waals surface area (Å²) >= 11 is 12.1. The predicted molar refractivity (Wildman–Crippen MR) is 100 cm³/mol. The average molecular weight is 373 g/mol. The van der Waals surface area contributed by atoms with Crippen molar-refractivity contribution in [2.75, 3.05) is 10.6 Å². The third-order valence-corrected chi connectivity index (χ3v) is 4.04. The number of rotatable bonds is 5. The van der Waals surface area contributed by atoms with Crippen LogP contribution in [0.4, 0.5) is 11.4 Å². The van der Waals surface area contributed by atoms with Gasteiger partial charge in [-0.3, -0.25) is 14.8 Å². The van der Waals surface area contributed by atoms with Crippen molar-refractivity contribution < 1.29 is 4.79 Å². The van der Waals surface area contributed by atoms with E-state index < -0.39 is 0 Å². The number of nitrogens with one attached hydrogen (secondary N) is 2. The molecule has 7 heteroatoms. The van der Waals surface area contributed by atoms with Crippen LogP contribution in [0.5, 0.6) is 0 Å². The Morgan fingerprint density at radius 3 is 2.56 bits per heavy atom. The van der Waals surface area contributed by atoms with Gasteiger partial charge in [-0.05, 0) is 35.9 Å². The van der Waals surface area contributed by atoms with Gasteiger partial charge in [0.25, 0.3) is 5.91 Å². The van der Waals surface area contributed by atoms with Crippen LogP contribution in [0.15, 0.2) is 61.1 Å². The standard InChI is InChI=1S/C18H14Cl2N4O/c19-14-4-1-5-15(20)17(14)24-18(25)16-9-13(6-8-22-16)23-11-12-3-2-7-21-10-12/h1-10H,11H2,(H,22,23)(H,24,25). The third kappa shape index (κ3) is 4.47. The first-order chi connectivity index (χ1) is 12.1. The summed E-state index contributed by atoms with van der Waals surface area (Å²) in [5.74, 6) is -0.389. The van der Waals surface area contributed by atoms with Gasteiger partial charge < -0.3 is 10.6 Å². The number of amides is 1. The molecule has 0 spiro atoms. The van der Waals surface area contributed by atoms with Crippen LogP contribution in [0.2, 0.25) is 10.0 Å². The molecule has 2 heterocycles. The van der Waals surface area contributed by atoms with Crippen LogP contribution in [-0.4, -0.2) is 15.9 Å². The Balaban J connectivity index is 1.71. The Morgan fingerprint density at radius 2 is 1.84 bits per heavy atom. The van der Waals surface area contributed by atoms with E-state index in [1.54, 1.807) is 48.9 Å². The van der Waals surface area contributed by atoms with E-state index in [4.69, 9.17) is 23.2 Å². The van der Waals surface area contributed by atoms with Crippen LogP contribution in [0.25, 0.3) is 0 Å². The number of halogens is 2. The van der Waals surface area contributed by atoms with Gasteiger partial charge in [-0.15, -0.1) is 0 Å². The molecule has 3 aromatic rings. The van der Waals surface area contributed by atoms with Crippen LogP contribution in [0.3, 0.4) is 0 Å². The number of nitrogens with zero attached hydrogens (tertiary/aromatic N) is 2. The zero-order valence-electron chi connectivity index (χ0n) is 13.0. The molecule has 1 aromatic carbocycles. The molecule has 0 unspecified atom stereocenters. The minimum atomic E-state index is -0.389. The first-order valence-corrected chi connectivity index (χ1v) is 8.23. The molecule has 25 heavy (non-hydrogen) atoms. The van der Waals surface area contributed by atoms with E-state index >= 15 is 0 Å². The van der Waals surface area contributed by atoms with E-state index in [1.807, 2.05) is 12.1 Å². The second kappa shape index (κ2) is 7.96. The summed E-state index contributed by atoms with van der Waals surface area (Å²) in [4.78, 5) is 20.6. The van der Waals surface area contributed by atoms with Crippen molar-refractivity contribution in [2.45, 2.75) is 6.54 Å². The van der Waals surface area contributed by atoms with Crippen molar-refractivity contribution >= 4 is 40.5 Å². The fourth-order valence-corrected chi connectivity index (χ4v) is 2.66. The lowest BCUT2D eigenvalue weighted by molar-refractivity contribution is 0.102. The normalized spacial score (nSPS) is 10.3. The highest BCUT2D eigenvalue weighted by molar-refractivity contribution is 6.40. The predicted octanol–water partition coefficient (Wildman–Crippen LogP) is 4.65. The van der Waals surface area contributed by atoms with E-state index in [0.717, 1.165) is 11.3 Å². The molecule has 5 nitrogen and oxygen atoms in total. The van der Waals surface area contributed by atoms with Gasteiger partial charge in [0.05, 0.1) is 15.7 Å². The Morgan fingerprint density at radius 1 is 1.04 bits per heavy atom. The number of anilines is 2. The summed E-state index contributed by atoms with van der Waals surface area (Å²) in [6.45, 7) is 0.593. The highest BCUT2D eigenvalue weighted by Crippen LogP contribution is 2.30. The number of aromatic nitrogens is 2. The molecule has 0 aliphatic heterocycles. The summed E-state index contributed by atoms with van der Waals surface area (Å²) < 4.78 is 0. The van der Waals surface area contributed by atoms with Crippen molar-refractivity contribution in [2.24, 2.45) is 0 Å². The van der Waals surface area contributed by atoms with Crippen LogP contribution >= 0.6 is 23.2 Å². The quantitative estimate of drug-likeness (QED) is 0.683. The number of hydrogen-bond donors (Lipinski definition) is 2. The minimum absolute atomic E-state index is 0.257. The lowest BCUT2D eigenvalue weighted by Crippen LogP contribution is -2.14. The lowest BCUT2D eigenvalue weighted by atomic mass is 10.2. The lowest BCUT2D eigenvalue weighted by Gasteiger charge is -2.10. The Kier molecular flexibility index (Phi) is 5.48. The van der Waals surface area contributed by atoms with Crippen LogP contribution in [0, 0.1) is 0 Å². The fourth-order valence-electron chi connectivity index (χ4n) is 2.17. The molecule has 0 radical (unpaired) electrons. The van der Waals surface area contributed by atoms with Crippen molar-refractivity contribution in [1.29, 1.82) is 0 Å². The van der Waals surface area contributed by atoms with Crippen LogP contribution in [-0.2, 0) is 6.54 Å². The summed E-state index contributed by atoms with van der Waals surface area (Å²) in [5, 5.41) is 6.66. The number of para-hydroxylation sites is 1. The second-order valence-electron chi connectivity index (χ2n) is 5.20. The van der Waals surface area contributed by atoms with E-state index in [2.05, 4.69) is 20.6 Å². The summed E-state index contributed by atoms with van der Waals surface area (Å²) in [5.41, 5.74) is 2.43. The molecule has 0 aliphatic carbocycles. The Hall–Kier alpha value is -2.63. The van der Waals surface area contributed by atoms with Gasteiger partial charge in [0.15, 0.2) is 0 Å². The first-order valence-electron chi connectivity index (χ1n) is 7.47. The van der Waals surface area contributed by atoms with Crippen molar-refractivity contribution in [1.82, 2.24) is 9.97 Å². The largest absolute Gasteiger partial charge is 0.381 e. The number of benzene rings is 1. The van der Waals surface area contributed by atoms with Gasteiger partial charge in [0.1, 0.15) is 5.69 Å². The van der Waals surface area contributed by atoms with Crippen molar-refractivity contribution in [3.8, 4) is 0 Å². The van der Waals surface area contributed by atoms with Crippen LogP contribution < -0.4 is 10.6 Å². The van der Waals surface area contributed by atoms with Crippen molar-refractivity contribution in [3.05, 3.63) is 82.4 Å². The molecule has 0 saturated heterocycles. The number of carbonyl (C=O) groups is 1. The zero-order valence-corrected chi connectivity index (χ0v) is 14.6. The SMILES string of the molecule is O=C(Nc1c(Cl)cccc1Cl)c1cc(NCc2cccnc2)ccn1. The summed E-state index contributed by atoms with van der Waals surface area (Å²) in [7, 11) is 0. The minimum Gasteiger partial charge on any atom is -0.381 e. The highest BCUT2D eigenvalue weighted by Gasteiger charge is 2.13. The maximum atomic E-state index is 12.4. The van der Waals surface area contributed by atoms with Gasteiger partial charge in [-0.2, -0.15) is 0 Å². The Bertz CT molecular complexity index is 867. The van der Waals surface area contributed by atoms with E-state index in [-0.39, 0.29) is 11.6 Å². The first kappa shape index (κ1) is 17.2. The van der Waals surface area contributed by atoms with Crippen LogP contribution in [0.1, 0.15) is 16.1 Å². The van der Waals surface area contributed by atoms with Gasteiger partial charge >= 0.3 is 0 Å². The monoisotopic (exact) mass is 372 g/mol. The molecule has 3 rings (SSSR count). The van der Waals surface area contributed by atoms with Gasteiger partial charge in [0.2, 0.25) is 0 Å². The maximum Gasteiger partial charge on any atom is 0.274 e. The van der Waals surface area contributed by atoms with Gasteiger partial charge in [0, 0.05) is 30.8 Å². The fraction of sp³-hybridized carbons (Fsp3) is 0.0556. The molecule has 0 fully saturated rings. The molecule has 0 bridgehead atoms. The smallest absolute Gasteiger partial charge is 0.274 e. The third-order valence-electron chi connectivity index (χ3n) is 3.41. The molecule has 0 atom stereocenters. The van der Waals surface area contributed by atoms with E-state index in [0.29, 0.717) is 22.3 Å². The van der Waals surface area contributed by atoms with E-state index in [9.17, 15) is 4.79 Å². The average Bonchev–Trinajstić information content (AvgIpc) is 2.64. The topological polar surface area (TPSA) is 66.9 Å². The molecule has 2 N–H and O–H groups in total. The second-order valence-corrected chi connectivity index (χ2v) is 6.01. The molecular weight excluding hydrogens is 359 g/mol.